The van der Waals surface area contributed by atoms with Gasteiger partial charge in [-0.2, -0.15) is 0 Å². The van der Waals surface area contributed by atoms with E-state index >= 15 is 0 Å². The molecule has 26 heavy (non-hydrogen) atoms. The van der Waals surface area contributed by atoms with Crippen molar-refractivity contribution in [2.75, 3.05) is 13.7 Å². The molecule has 1 amide bonds. The number of hydrogen-bond acceptors (Lipinski definition) is 5. The Morgan fingerprint density at radius 2 is 1.81 bits per heavy atom. The summed E-state index contributed by atoms with van der Waals surface area (Å²) in [5.74, 6) is 0.613. The van der Waals surface area contributed by atoms with Gasteiger partial charge in [0.25, 0.3) is 5.91 Å². The Morgan fingerprint density at radius 3 is 2.50 bits per heavy atom. The number of carbonyl (C=O) groups excluding carboxylic acids is 1. The number of aromatic nitrogens is 1. The minimum Gasteiger partial charge on any atom is -0.497 e. The molecule has 134 valence electrons. The molecule has 0 aliphatic heterocycles. The number of thiazole rings is 1. The topological polar surface area (TPSA) is 60.5 Å². The van der Waals surface area contributed by atoms with E-state index in [1.807, 2.05) is 29.6 Å². The highest BCUT2D eigenvalue weighted by atomic mass is 32.1. The van der Waals surface area contributed by atoms with Crippen molar-refractivity contribution in [1.29, 1.82) is 0 Å². The fourth-order valence-electron chi connectivity index (χ4n) is 2.17. The van der Waals surface area contributed by atoms with Crippen molar-refractivity contribution < 1.29 is 18.7 Å². The molecule has 0 saturated heterocycles. The normalized spacial score (nSPS) is 10.4. The van der Waals surface area contributed by atoms with Gasteiger partial charge in [-0.25, -0.2) is 9.37 Å². The average Bonchev–Trinajstić information content (AvgIpc) is 3.15. The molecule has 0 saturated carbocycles. The summed E-state index contributed by atoms with van der Waals surface area (Å²) in [6, 6.07) is 13.2. The molecular weight excluding hydrogens is 355 g/mol. The Labute approximate surface area is 154 Å². The molecule has 1 N–H and O–H groups in total. The van der Waals surface area contributed by atoms with Crippen molar-refractivity contribution in [1.82, 2.24) is 10.3 Å². The van der Waals surface area contributed by atoms with Crippen LogP contribution < -0.4 is 14.8 Å². The van der Waals surface area contributed by atoms with Gasteiger partial charge in [-0.3, -0.25) is 4.79 Å². The van der Waals surface area contributed by atoms with Gasteiger partial charge in [0.15, 0.2) is 6.61 Å². The lowest BCUT2D eigenvalue weighted by atomic mass is 10.2. The predicted molar refractivity (Wildman–Crippen MR) is 97.8 cm³/mol. The number of amides is 1. The molecule has 0 unspecified atom stereocenters. The molecule has 0 aliphatic rings. The largest absolute Gasteiger partial charge is 0.497 e. The van der Waals surface area contributed by atoms with Crippen LogP contribution in [-0.2, 0) is 11.3 Å². The average molecular weight is 372 g/mol. The summed E-state index contributed by atoms with van der Waals surface area (Å²) in [5.41, 5.74) is 1.77. The molecule has 0 spiro atoms. The molecule has 0 aliphatic carbocycles. The van der Waals surface area contributed by atoms with Gasteiger partial charge in [-0.1, -0.05) is 0 Å². The number of nitrogens with one attached hydrogen (secondary N) is 1. The van der Waals surface area contributed by atoms with Gasteiger partial charge in [-0.05, 0) is 48.5 Å². The minimum absolute atomic E-state index is 0.138. The van der Waals surface area contributed by atoms with Gasteiger partial charge in [0.2, 0.25) is 0 Å². The first-order valence-corrected chi connectivity index (χ1v) is 8.76. The summed E-state index contributed by atoms with van der Waals surface area (Å²) in [6.45, 7) is 0.180. The number of hydrogen-bond donors (Lipinski definition) is 1. The second kappa shape index (κ2) is 8.44. The first-order valence-electron chi connectivity index (χ1n) is 7.88. The summed E-state index contributed by atoms with van der Waals surface area (Å²) in [7, 11) is 1.62. The van der Waals surface area contributed by atoms with Gasteiger partial charge in [0, 0.05) is 10.9 Å². The third kappa shape index (κ3) is 4.80. The zero-order valence-electron chi connectivity index (χ0n) is 14.1. The van der Waals surface area contributed by atoms with Crippen molar-refractivity contribution in [3.05, 3.63) is 65.4 Å². The molecule has 3 aromatic rings. The number of methoxy groups -OCH3 is 1. The van der Waals surface area contributed by atoms with Crippen LogP contribution >= 0.6 is 11.3 Å². The van der Waals surface area contributed by atoms with Crippen LogP contribution in [0.15, 0.2) is 53.9 Å². The number of rotatable bonds is 7. The fourth-order valence-corrected chi connectivity index (χ4v) is 3.00. The highest BCUT2D eigenvalue weighted by molar-refractivity contribution is 7.13. The Hall–Kier alpha value is -2.93. The Morgan fingerprint density at radius 1 is 1.12 bits per heavy atom. The smallest absolute Gasteiger partial charge is 0.258 e. The van der Waals surface area contributed by atoms with Crippen LogP contribution in [0.1, 0.15) is 5.69 Å². The van der Waals surface area contributed by atoms with Crippen LogP contribution in [-0.4, -0.2) is 24.6 Å². The molecule has 5 nitrogen and oxygen atoms in total. The second-order valence-electron chi connectivity index (χ2n) is 5.39. The first kappa shape index (κ1) is 17.9. The van der Waals surface area contributed by atoms with Crippen molar-refractivity contribution in [3.8, 4) is 22.1 Å². The molecule has 3 rings (SSSR count). The highest BCUT2D eigenvalue weighted by Gasteiger charge is 2.08. The van der Waals surface area contributed by atoms with E-state index in [-0.39, 0.29) is 18.3 Å². The summed E-state index contributed by atoms with van der Waals surface area (Å²) in [6.07, 6.45) is 0. The summed E-state index contributed by atoms with van der Waals surface area (Å²) in [5, 5.41) is 5.53. The van der Waals surface area contributed by atoms with Crippen LogP contribution in [0.5, 0.6) is 11.5 Å². The number of carbonyl (C=O) groups is 1. The number of halogens is 1. The molecule has 0 atom stereocenters. The summed E-state index contributed by atoms with van der Waals surface area (Å²) in [4.78, 5) is 16.4. The van der Waals surface area contributed by atoms with Crippen LogP contribution in [0, 0.1) is 5.82 Å². The fraction of sp³-hybridized carbons (Fsp3) is 0.158. The van der Waals surface area contributed by atoms with Crippen LogP contribution in [0.25, 0.3) is 10.6 Å². The van der Waals surface area contributed by atoms with E-state index in [9.17, 15) is 9.18 Å². The van der Waals surface area contributed by atoms with Crippen molar-refractivity contribution >= 4 is 17.2 Å². The van der Waals surface area contributed by atoms with E-state index in [1.54, 1.807) is 7.11 Å². The second-order valence-corrected chi connectivity index (χ2v) is 6.25. The first-order chi connectivity index (χ1) is 12.6. The standard InChI is InChI=1S/C19H17FN2O3S/c1-24-16-6-2-13(3-7-16)19-22-15(12-26-19)10-21-18(23)11-25-17-8-4-14(20)5-9-17/h2-9,12H,10-11H2,1H3,(H,21,23). The van der Waals surface area contributed by atoms with E-state index in [1.165, 1.54) is 35.6 Å². The van der Waals surface area contributed by atoms with Crippen molar-refractivity contribution in [3.63, 3.8) is 0 Å². The van der Waals surface area contributed by atoms with Gasteiger partial charge in [-0.15, -0.1) is 11.3 Å². The summed E-state index contributed by atoms with van der Waals surface area (Å²) >= 11 is 1.51. The molecule has 0 fully saturated rings. The Kier molecular flexibility index (Phi) is 5.80. The van der Waals surface area contributed by atoms with Crippen LogP contribution in [0.3, 0.4) is 0 Å². The third-order valence-electron chi connectivity index (χ3n) is 3.54. The molecule has 2 aromatic carbocycles. The van der Waals surface area contributed by atoms with E-state index in [0.29, 0.717) is 12.3 Å². The number of benzene rings is 2. The molecular formula is C19H17FN2O3S. The van der Waals surface area contributed by atoms with Crippen LogP contribution in [0.4, 0.5) is 4.39 Å². The van der Waals surface area contributed by atoms with Gasteiger partial charge >= 0.3 is 0 Å². The van der Waals surface area contributed by atoms with Gasteiger partial charge < -0.3 is 14.8 Å². The lowest BCUT2D eigenvalue weighted by molar-refractivity contribution is -0.123. The lowest BCUT2D eigenvalue weighted by Crippen LogP contribution is -2.28. The number of nitrogens with zero attached hydrogens (tertiary/aromatic N) is 1. The van der Waals surface area contributed by atoms with E-state index in [0.717, 1.165) is 22.0 Å². The molecule has 1 aromatic heterocycles. The van der Waals surface area contributed by atoms with Crippen LogP contribution in [0.2, 0.25) is 0 Å². The molecule has 0 radical (unpaired) electrons. The Balaban J connectivity index is 1.49. The SMILES string of the molecule is COc1ccc(-c2nc(CNC(=O)COc3ccc(F)cc3)cs2)cc1. The van der Waals surface area contributed by atoms with E-state index in [2.05, 4.69) is 10.3 Å². The van der Waals surface area contributed by atoms with E-state index in [4.69, 9.17) is 9.47 Å². The third-order valence-corrected chi connectivity index (χ3v) is 4.48. The monoisotopic (exact) mass is 372 g/mol. The molecule has 0 bridgehead atoms. The highest BCUT2D eigenvalue weighted by Crippen LogP contribution is 2.25. The maximum atomic E-state index is 12.8. The quantitative estimate of drug-likeness (QED) is 0.688. The molecule has 7 heteroatoms. The maximum Gasteiger partial charge on any atom is 0.258 e. The van der Waals surface area contributed by atoms with Gasteiger partial charge in [0.1, 0.15) is 22.3 Å². The van der Waals surface area contributed by atoms with E-state index < -0.39 is 0 Å². The zero-order valence-corrected chi connectivity index (χ0v) is 14.9. The van der Waals surface area contributed by atoms with Gasteiger partial charge in [0.05, 0.1) is 19.3 Å². The summed E-state index contributed by atoms with van der Waals surface area (Å²) < 4.78 is 23.2. The zero-order chi connectivity index (χ0) is 18.4. The predicted octanol–water partition coefficient (Wildman–Crippen LogP) is 3.65. The molecule has 1 heterocycles. The van der Waals surface area contributed by atoms with Crippen molar-refractivity contribution in [2.24, 2.45) is 0 Å². The lowest BCUT2D eigenvalue weighted by Gasteiger charge is -2.06. The minimum atomic E-state index is -0.349. The maximum absolute atomic E-state index is 12.8. The Bertz CT molecular complexity index is 863. The van der Waals surface area contributed by atoms with Crippen molar-refractivity contribution in [2.45, 2.75) is 6.54 Å². The number of ether oxygens (including phenoxy) is 2.